The summed E-state index contributed by atoms with van der Waals surface area (Å²) in [6, 6.07) is 12.1. The van der Waals surface area contributed by atoms with Crippen LogP contribution in [0.15, 0.2) is 36.4 Å². The van der Waals surface area contributed by atoms with Gasteiger partial charge in [-0.05, 0) is 41.7 Å². The van der Waals surface area contributed by atoms with Crippen LogP contribution in [0.1, 0.15) is 25.0 Å². The van der Waals surface area contributed by atoms with Crippen molar-refractivity contribution in [1.29, 1.82) is 0 Å². The highest BCUT2D eigenvalue weighted by molar-refractivity contribution is 5.81. The molecule has 2 heteroatoms. The molecule has 0 aliphatic heterocycles. The Kier molecular flexibility index (Phi) is 3.56. The lowest BCUT2D eigenvalue weighted by atomic mass is 9.91. The molecule has 0 bridgehead atoms. The third-order valence-corrected chi connectivity index (χ3v) is 3.43. The van der Waals surface area contributed by atoms with Gasteiger partial charge in [-0.25, -0.2) is 0 Å². The van der Waals surface area contributed by atoms with Gasteiger partial charge in [-0.3, -0.25) is 0 Å². The average Bonchev–Trinajstić information content (AvgIpc) is 2.39. The standard InChI is InChI=1S/C16H20N2/c1-3-11-12(4-2)16(18)10-9-13(11)14-7-5-6-8-15(14)17/h5-10H,3-4,17-18H2,1-2H3. The number of anilines is 2. The van der Waals surface area contributed by atoms with Crippen LogP contribution in [0.2, 0.25) is 0 Å². The van der Waals surface area contributed by atoms with Crippen LogP contribution in [0, 0.1) is 0 Å². The van der Waals surface area contributed by atoms with Crippen molar-refractivity contribution in [3.63, 3.8) is 0 Å². The van der Waals surface area contributed by atoms with Gasteiger partial charge in [0.1, 0.15) is 0 Å². The van der Waals surface area contributed by atoms with E-state index in [1.54, 1.807) is 0 Å². The first-order valence-corrected chi connectivity index (χ1v) is 6.44. The molecule has 0 atom stereocenters. The highest BCUT2D eigenvalue weighted by atomic mass is 14.6. The van der Waals surface area contributed by atoms with E-state index in [0.29, 0.717) is 0 Å². The minimum absolute atomic E-state index is 0.819. The first-order chi connectivity index (χ1) is 8.69. The monoisotopic (exact) mass is 240 g/mol. The average molecular weight is 240 g/mol. The van der Waals surface area contributed by atoms with Gasteiger partial charge in [0.25, 0.3) is 0 Å². The molecule has 0 saturated heterocycles. The van der Waals surface area contributed by atoms with Crippen LogP contribution in [0.5, 0.6) is 0 Å². The number of para-hydroxylation sites is 1. The minimum Gasteiger partial charge on any atom is -0.398 e. The van der Waals surface area contributed by atoms with E-state index in [9.17, 15) is 0 Å². The van der Waals surface area contributed by atoms with E-state index in [2.05, 4.69) is 26.0 Å². The molecule has 0 radical (unpaired) electrons. The van der Waals surface area contributed by atoms with Gasteiger partial charge in [-0.2, -0.15) is 0 Å². The molecule has 0 aliphatic carbocycles. The number of rotatable bonds is 3. The van der Waals surface area contributed by atoms with Crippen molar-refractivity contribution < 1.29 is 0 Å². The minimum atomic E-state index is 0.819. The molecule has 0 aliphatic rings. The molecule has 0 saturated carbocycles. The van der Waals surface area contributed by atoms with Gasteiger partial charge in [0.05, 0.1) is 0 Å². The second-order valence-corrected chi connectivity index (χ2v) is 4.45. The van der Waals surface area contributed by atoms with E-state index in [0.717, 1.165) is 29.8 Å². The van der Waals surface area contributed by atoms with Gasteiger partial charge < -0.3 is 11.5 Å². The van der Waals surface area contributed by atoms with Gasteiger partial charge in [0.2, 0.25) is 0 Å². The summed E-state index contributed by atoms with van der Waals surface area (Å²) in [5, 5.41) is 0. The topological polar surface area (TPSA) is 52.0 Å². The Balaban J connectivity index is 2.69. The second kappa shape index (κ2) is 5.13. The maximum absolute atomic E-state index is 6.07. The Morgan fingerprint density at radius 1 is 0.722 bits per heavy atom. The lowest BCUT2D eigenvalue weighted by Gasteiger charge is -2.16. The molecular formula is C16H20N2. The normalized spacial score (nSPS) is 10.6. The summed E-state index contributed by atoms with van der Waals surface area (Å²) < 4.78 is 0. The zero-order chi connectivity index (χ0) is 13.1. The van der Waals surface area contributed by atoms with Crippen molar-refractivity contribution in [2.24, 2.45) is 0 Å². The summed E-state index contributed by atoms with van der Waals surface area (Å²) in [6.45, 7) is 4.31. The fraction of sp³-hybridized carbons (Fsp3) is 0.250. The van der Waals surface area contributed by atoms with E-state index in [1.807, 2.05) is 24.3 Å². The Morgan fingerprint density at radius 2 is 1.39 bits per heavy atom. The molecule has 0 heterocycles. The molecule has 2 aromatic carbocycles. The number of benzene rings is 2. The van der Waals surface area contributed by atoms with Crippen molar-refractivity contribution in [2.75, 3.05) is 11.5 Å². The fourth-order valence-electron chi connectivity index (χ4n) is 2.53. The highest BCUT2D eigenvalue weighted by Crippen LogP contribution is 2.33. The van der Waals surface area contributed by atoms with Gasteiger partial charge in [0.15, 0.2) is 0 Å². The van der Waals surface area contributed by atoms with Gasteiger partial charge in [-0.15, -0.1) is 0 Å². The Hall–Kier alpha value is -1.96. The SMILES string of the molecule is CCc1c(N)ccc(-c2ccccc2N)c1CC. The summed E-state index contributed by atoms with van der Waals surface area (Å²) in [4.78, 5) is 0. The predicted molar refractivity (Wildman–Crippen MR) is 79.5 cm³/mol. The second-order valence-electron chi connectivity index (χ2n) is 4.45. The van der Waals surface area contributed by atoms with Gasteiger partial charge in [0, 0.05) is 16.9 Å². The molecule has 0 fully saturated rings. The lowest BCUT2D eigenvalue weighted by Crippen LogP contribution is -2.02. The molecule has 18 heavy (non-hydrogen) atoms. The number of hydrogen-bond donors (Lipinski definition) is 2. The van der Waals surface area contributed by atoms with Crippen molar-refractivity contribution in [3.05, 3.63) is 47.5 Å². The molecule has 0 spiro atoms. The summed E-state index contributed by atoms with van der Waals surface area (Å²) in [5.41, 5.74) is 18.7. The van der Waals surface area contributed by atoms with Crippen LogP contribution < -0.4 is 11.5 Å². The molecule has 0 amide bonds. The maximum atomic E-state index is 6.07. The summed E-state index contributed by atoms with van der Waals surface area (Å²) in [6.07, 6.45) is 1.92. The van der Waals surface area contributed by atoms with Crippen molar-refractivity contribution >= 4 is 11.4 Å². The van der Waals surface area contributed by atoms with Gasteiger partial charge in [-0.1, -0.05) is 38.1 Å². The van der Waals surface area contributed by atoms with Gasteiger partial charge >= 0.3 is 0 Å². The molecule has 94 valence electrons. The molecular weight excluding hydrogens is 220 g/mol. The molecule has 0 aromatic heterocycles. The summed E-state index contributed by atoms with van der Waals surface area (Å²) in [7, 11) is 0. The largest absolute Gasteiger partial charge is 0.398 e. The number of hydrogen-bond acceptors (Lipinski definition) is 2. The van der Waals surface area contributed by atoms with Crippen LogP contribution >= 0.6 is 0 Å². The molecule has 0 unspecified atom stereocenters. The Bertz CT molecular complexity index is 559. The summed E-state index contributed by atoms with van der Waals surface area (Å²) in [5.74, 6) is 0. The van der Waals surface area contributed by atoms with Crippen LogP contribution in [0.25, 0.3) is 11.1 Å². The van der Waals surface area contributed by atoms with E-state index in [-0.39, 0.29) is 0 Å². The van der Waals surface area contributed by atoms with E-state index in [1.165, 1.54) is 16.7 Å². The van der Waals surface area contributed by atoms with Crippen LogP contribution in [0.4, 0.5) is 11.4 Å². The fourth-order valence-corrected chi connectivity index (χ4v) is 2.53. The third-order valence-electron chi connectivity index (χ3n) is 3.43. The maximum Gasteiger partial charge on any atom is 0.0393 e. The molecule has 4 N–H and O–H groups in total. The Labute approximate surface area is 109 Å². The number of nitrogen functional groups attached to an aromatic ring is 2. The molecule has 2 aromatic rings. The van der Waals surface area contributed by atoms with Crippen LogP contribution in [0.3, 0.4) is 0 Å². The zero-order valence-electron chi connectivity index (χ0n) is 11.0. The molecule has 2 nitrogen and oxygen atoms in total. The highest BCUT2D eigenvalue weighted by Gasteiger charge is 2.12. The summed E-state index contributed by atoms with van der Waals surface area (Å²) >= 11 is 0. The van der Waals surface area contributed by atoms with Crippen LogP contribution in [-0.2, 0) is 12.8 Å². The van der Waals surface area contributed by atoms with Crippen molar-refractivity contribution in [3.8, 4) is 11.1 Å². The first kappa shape index (κ1) is 12.5. The van der Waals surface area contributed by atoms with E-state index >= 15 is 0 Å². The molecule has 2 rings (SSSR count). The first-order valence-electron chi connectivity index (χ1n) is 6.44. The predicted octanol–water partition coefficient (Wildman–Crippen LogP) is 3.64. The number of nitrogens with two attached hydrogens (primary N) is 2. The zero-order valence-corrected chi connectivity index (χ0v) is 11.0. The van der Waals surface area contributed by atoms with Crippen LogP contribution in [-0.4, -0.2) is 0 Å². The Morgan fingerprint density at radius 3 is 2.00 bits per heavy atom. The van der Waals surface area contributed by atoms with E-state index < -0.39 is 0 Å². The lowest BCUT2D eigenvalue weighted by molar-refractivity contribution is 1.04. The van der Waals surface area contributed by atoms with Crippen molar-refractivity contribution in [2.45, 2.75) is 26.7 Å². The van der Waals surface area contributed by atoms with E-state index in [4.69, 9.17) is 11.5 Å². The van der Waals surface area contributed by atoms with Crippen molar-refractivity contribution in [1.82, 2.24) is 0 Å². The quantitative estimate of drug-likeness (QED) is 0.805. The third kappa shape index (κ3) is 2.06. The smallest absolute Gasteiger partial charge is 0.0393 e.